The highest BCUT2D eigenvalue weighted by molar-refractivity contribution is 7.00. The van der Waals surface area contributed by atoms with Gasteiger partial charge in [-0.1, -0.05) is 158 Å². The highest BCUT2D eigenvalue weighted by Gasteiger charge is 2.54. The van der Waals surface area contributed by atoms with Crippen molar-refractivity contribution in [3.63, 3.8) is 0 Å². The largest absolute Gasteiger partial charge is 0.311 e. The summed E-state index contributed by atoms with van der Waals surface area (Å²) in [5, 5.41) is 0. The number of rotatable bonds is 5. The molecule has 0 saturated heterocycles. The molecule has 0 N–H and O–H groups in total. The van der Waals surface area contributed by atoms with E-state index in [9.17, 15) is 0 Å². The van der Waals surface area contributed by atoms with Gasteiger partial charge in [0.25, 0.3) is 6.71 Å². The van der Waals surface area contributed by atoms with Gasteiger partial charge in [-0.3, -0.25) is 0 Å². The molecule has 308 valence electrons. The van der Waals surface area contributed by atoms with Gasteiger partial charge in [0.1, 0.15) is 0 Å². The lowest BCUT2D eigenvalue weighted by molar-refractivity contribution is 0.794. The van der Waals surface area contributed by atoms with Crippen molar-refractivity contribution >= 4 is 74.3 Å². The van der Waals surface area contributed by atoms with E-state index in [0.29, 0.717) is 0 Å². The third-order valence-corrected chi connectivity index (χ3v) is 14.6. The molecular weight excluding hydrogens is 798 g/mol. The number of nitrogens with zero attached hydrogens (tertiary/aromatic N) is 3. The van der Waals surface area contributed by atoms with E-state index in [4.69, 9.17) is 0 Å². The summed E-state index contributed by atoms with van der Waals surface area (Å²) in [6.45, 7) is 2.26. The van der Waals surface area contributed by atoms with Gasteiger partial charge in [-0.25, -0.2) is 0 Å². The van der Waals surface area contributed by atoms with Crippen LogP contribution in [0.25, 0.3) is 22.3 Å². The fraction of sp³-hybridized carbons (Fsp3) is 0.0323. The molecule has 1 unspecified atom stereocenters. The molecule has 0 aromatic heterocycles. The first-order valence-electron chi connectivity index (χ1n) is 23.1. The fourth-order valence-corrected chi connectivity index (χ4v) is 12.2. The van der Waals surface area contributed by atoms with E-state index in [0.717, 1.165) is 22.7 Å². The Bertz CT molecular complexity index is 3530. The second kappa shape index (κ2) is 14.1. The summed E-state index contributed by atoms with van der Waals surface area (Å²) in [4.78, 5) is 7.49. The molecule has 10 aromatic carbocycles. The van der Waals surface area contributed by atoms with Crippen molar-refractivity contribution in [1.29, 1.82) is 0 Å². The maximum absolute atomic E-state index is 2.60. The minimum absolute atomic E-state index is 0.00999. The van der Waals surface area contributed by atoms with Crippen LogP contribution in [-0.4, -0.2) is 6.71 Å². The second-order valence-electron chi connectivity index (χ2n) is 18.1. The van der Waals surface area contributed by atoms with Crippen LogP contribution in [0.15, 0.2) is 237 Å². The molecule has 14 rings (SSSR count). The quantitative estimate of drug-likeness (QED) is 0.160. The molecule has 0 bridgehead atoms. The summed E-state index contributed by atoms with van der Waals surface area (Å²) in [6, 6.07) is 88.1. The van der Waals surface area contributed by atoms with E-state index in [1.165, 1.54) is 94.9 Å². The minimum atomic E-state index is -0.573. The predicted molar refractivity (Wildman–Crippen MR) is 276 cm³/mol. The smallest absolute Gasteiger partial charge is 0.252 e. The molecule has 0 radical (unpaired) electrons. The van der Waals surface area contributed by atoms with Gasteiger partial charge in [0, 0.05) is 51.1 Å². The van der Waals surface area contributed by atoms with Crippen molar-refractivity contribution < 1.29 is 0 Å². The number of hydrogen-bond acceptors (Lipinski definition) is 3. The zero-order valence-corrected chi connectivity index (χ0v) is 36.4. The van der Waals surface area contributed by atoms with Crippen LogP contribution >= 0.6 is 0 Å². The third kappa shape index (κ3) is 4.99. The molecular formula is C62H42BN3. The number of aryl methyl sites for hydroxylation is 1. The zero-order chi connectivity index (χ0) is 43.5. The second-order valence-corrected chi connectivity index (χ2v) is 18.1. The average molecular weight is 840 g/mol. The van der Waals surface area contributed by atoms with Crippen molar-refractivity contribution in [1.82, 2.24) is 0 Å². The molecule has 2 aliphatic carbocycles. The van der Waals surface area contributed by atoms with Gasteiger partial charge < -0.3 is 14.7 Å². The van der Waals surface area contributed by atoms with Gasteiger partial charge in [0.2, 0.25) is 0 Å². The number of hydrogen-bond donors (Lipinski definition) is 0. The highest BCUT2D eigenvalue weighted by atomic mass is 15.2. The number of fused-ring (bicyclic) bond motifs is 14. The molecule has 10 aromatic rings. The predicted octanol–water partition coefficient (Wildman–Crippen LogP) is 13.9. The Labute approximate surface area is 386 Å². The van der Waals surface area contributed by atoms with E-state index in [-0.39, 0.29) is 6.71 Å². The Morgan fingerprint density at radius 1 is 0.379 bits per heavy atom. The molecule has 4 heteroatoms. The Morgan fingerprint density at radius 2 is 0.894 bits per heavy atom. The van der Waals surface area contributed by atoms with Gasteiger partial charge in [-0.05, 0) is 147 Å². The molecule has 2 aliphatic heterocycles. The van der Waals surface area contributed by atoms with Crippen LogP contribution in [0.1, 0.15) is 27.8 Å². The third-order valence-electron chi connectivity index (χ3n) is 14.6. The topological polar surface area (TPSA) is 9.72 Å². The lowest BCUT2D eigenvalue weighted by Crippen LogP contribution is -2.61. The first kappa shape index (κ1) is 37.1. The van der Waals surface area contributed by atoms with E-state index in [1.54, 1.807) is 0 Å². The summed E-state index contributed by atoms with van der Waals surface area (Å²) in [5.74, 6) is 0. The molecule has 1 spiro atoms. The van der Waals surface area contributed by atoms with E-state index >= 15 is 0 Å². The summed E-state index contributed by atoms with van der Waals surface area (Å²) < 4.78 is 0. The lowest BCUT2D eigenvalue weighted by atomic mass is 9.33. The molecule has 3 nitrogen and oxygen atoms in total. The molecule has 1 atom stereocenters. The van der Waals surface area contributed by atoms with Crippen LogP contribution < -0.4 is 31.1 Å². The fourth-order valence-electron chi connectivity index (χ4n) is 12.2. The van der Waals surface area contributed by atoms with E-state index in [1.807, 2.05) is 0 Å². The van der Waals surface area contributed by atoms with Crippen molar-refractivity contribution in [2.75, 3.05) is 14.7 Å². The Hall–Kier alpha value is -8.34. The maximum atomic E-state index is 2.60. The molecule has 2 heterocycles. The maximum Gasteiger partial charge on any atom is 0.252 e. The minimum Gasteiger partial charge on any atom is -0.311 e. The number of para-hydroxylation sites is 5. The zero-order valence-electron chi connectivity index (χ0n) is 36.4. The summed E-state index contributed by atoms with van der Waals surface area (Å²) in [7, 11) is 0. The van der Waals surface area contributed by atoms with Crippen LogP contribution in [-0.2, 0) is 5.41 Å². The molecule has 0 fully saturated rings. The van der Waals surface area contributed by atoms with Gasteiger partial charge in [-0.15, -0.1) is 0 Å². The molecule has 0 amide bonds. The van der Waals surface area contributed by atoms with Crippen LogP contribution in [0, 0.1) is 6.92 Å². The number of anilines is 9. The van der Waals surface area contributed by atoms with E-state index < -0.39 is 5.41 Å². The average Bonchev–Trinajstić information content (AvgIpc) is 3.84. The van der Waals surface area contributed by atoms with Crippen molar-refractivity contribution in [3.05, 3.63) is 264 Å². The Kier molecular flexibility index (Phi) is 7.91. The summed E-state index contributed by atoms with van der Waals surface area (Å²) >= 11 is 0. The lowest BCUT2D eigenvalue weighted by Gasteiger charge is -2.45. The van der Waals surface area contributed by atoms with Crippen LogP contribution in [0.4, 0.5) is 51.2 Å². The standard InChI is InChI=1S/C62H42BN3/c1-41-37-58-61-59(38-41)66(45-27-12-5-13-28-45)57-40-52-48(39-54(57)63(61)53-34-18-19-35-55(53)65(58)44-25-10-4-11-26-44)46-29-14-16-31-49(46)62(52)50-32-17-15-30-47(50)60-51(62)33-20-36-56(60)64(42-21-6-2-7-22-42)43-23-8-3-9-24-43/h2-40H,1H3. The van der Waals surface area contributed by atoms with Crippen molar-refractivity contribution in [3.8, 4) is 22.3 Å². The van der Waals surface area contributed by atoms with Crippen LogP contribution in [0.5, 0.6) is 0 Å². The van der Waals surface area contributed by atoms with Gasteiger partial charge >= 0.3 is 0 Å². The van der Waals surface area contributed by atoms with Crippen LogP contribution in [0.2, 0.25) is 0 Å². The first-order valence-corrected chi connectivity index (χ1v) is 23.1. The Balaban J connectivity index is 1.09. The summed E-state index contributed by atoms with van der Waals surface area (Å²) in [6.07, 6.45) is 0. The SMILES string of the molecule is Cc1cc2c3c(c1)N(c1ccccc1)c1cc4c(cc1B3c1ccccc1N2c1ccccc1)-c1ccccc1C41c2ccccc2-c2c(N(c3ccccc3)c3ccccc3)cccc21. The van der Waals surface area contributed by atoms with Gasteiger partial charge in [0.05, 0.1) is 11.1 Å². The monoisotopic (exact) mass is 839 g/mol. The molecule has 4 aliphatic rings. The van der Waals surface area contributed by atoms with Crippen molar-refractivity contribution in [2.24, 2.45) is 0 Å². The highest BCUT2D eigenvalue weighted by Crippen LogP contribution is 2.65. The first-order chi connectivity index (χ1) is 32.7. The molecule has 0 saturated carbocycles. The Morgan fingerprint density at radius 3 is 1.55 bits per heavy atom. The number of benzene rings is 10. The van der Waals surface area contributed by atoms with E-state index in [2.05, 4.69) is 258 Å². The van der Waals surface area contributed by atoms with Gasteiger partial charge in [-0.2, -0.15) is 0 Å². The normalized spacial score (nSPS) is 15.3. The summed E-state index contributed by atoms with van der Waals surface area (Å²) in [5.41, 5.74) is 25.7. The van der Waals surface area contributed by atoms with Gasteiger partial charge in [0.15, 0.2) is 0 Å². The molecule has 66 heavy (non-hydrogen) atoms. The van der Waals surface area contributed by atoms with Crippen molar-refractivity contribution in [2.45, 2.75) is 12.3 Å². The van der Waals surface area contributed by atoms with Crippen LogP contribution in [0.3, 0.4) is 0 Å².